The normalized spacial score (nSPS) is 20.6. The Labute approximate surface area is 95.0 Å². The van der Waals surface area contributed by atoms with Gasteiger partial charge < -0.3 is 10.8 Å². The fourth-order valence-electron chi connectivity index (χ4n) is 1.82. The number of carbonyl (C=O) groups is 2. The van der Waals surface area contributed by atoms with Crippen molar-refractivity contribution in [3.8, 4) is 0 Å². The molecule has 1 saturated heterocycles. The number of piperazine rings is 1. The van der Waals surface area contributed by atoms with Crippen LogP contribution in [-0.2, 0) is 9.59 Å². The van der Waals surface area contributed by atoms with Crippen molar-refractivity contribution in [1.29, 1.82) is 0 Å². The number of carbonyl (C=O) groups excluding carboxylic acids is 1. The highest BCUT2D eigenvalue weighted by Crippen LogP contribution is 2.05. The van der Waals surface area contributed by atoms with Gasteiger partial charge in [0.05, 0.1) is 12.5 Å². The summed E-state index contributed by atoms with van der Waals surface area (Å²) in [5.74, 6) is -1.42. The molecule has 6 nitrogen and oxygen atoms in total. The van der Waals surface area contributed by atoms with Crippen LogP contribution in [0.5, 0.6) is 0 Å². The number of hydrogen-bond donors (Lipinski definition) is 2. The topological polar surface area (TPSA) is 86.9 Å². The van der Waals surface area contributed by atoms with E-state index in [2.05, 4.69) is 4.90 Å². The van der Waals surface area contributed by atoms with Gasteiger partial charge in [-0.15, -0.1) is 0 Å². The second-order valence-electron chi connectivity index (χ2n) is 4.28. The van der Waals surface area contributed by atoms with E-state index in [0.29, 0.717) is 13.1 Å². The molecule has 0 bridgehead atoms. The first-order chi connectivity index (χ1) is 7.49. The average molecular weight is 229 g/mol. The Morgan fingerprint density at radius 1 is 1.25 bits per heavy atom. The second-order valence-corrected chi connectivity index (χ2v) is 4.28. The molecule has 16 heavy (non-hydrogen) atoms. The number of carboxylic acid groups (broad SMARTS) is 1. The van der Waals surface area contributed by atoms with Crippen LogP contribution < -0.4 is 5.73 Å². The second kappa shape index (κ2) is 5.81. The minimum atomic E-state index is -0.764. The molecular formula is C10H19N3O3. The van der Waals surface area contributed by atoms with Crippen molar-refractivity contribution in [2.75, 3.05) is 39.3 Å². The van der Waals surface area contributed by atoms with E-state index < -0.39 is 5.97 Å². The smallest absolute Gasteiger partial charge is 0.307 e. The van der Waals surface area contributed by atoms with E-state index in [1.807, 2.05) is 4.90 Å². The van der Waals surface area contributed by atoms with Crippen LogP contribution >= 0.6 is 0 Å². The van der Waals surface area contributed by atoms with Gasteiger partial charge in [-0.1, -0.05) is 6.92 Å². The van der Waals surface area contributed by atoms with Crippen LogP contribution in [0.2, 0.25) is 0 Å². The fourth-order valence-corrected chi connectivity index (χ4v) is 1.82. The zero-order valence-electron chi connectivity index (χ0n) is 9.56. The molecule has 0 aromatic rings. The van der Waals surface area contributed by atoms with Gasteiger partial charge in [0, 0.05) is 32.7 Å². The molecule has 1 aliphatic heterocycles. The molecule has 1 fully saturated rings. The molecule has 1 atom stereocenters. The fraction of sp³-hybridized carbons (Fsp3) is 0.800. The van der Waals surface area contributed by atoms with Crippen LogP contribution in [0.3, 0.4) is 0 Å². The average Bonchev–Trinajstić information content (AvgIpc) is 2.20. The number of amides is 1. The molecule has 0 spiro atoms. The summed E-state index contributed by atoms with van der Waals surface area (Å²) in [6.07, 6.45) is 0. The van der Waals surface area contributed by atoms with Crippen molar-refractivity contribution in [2.24, 2.45) is 11.7 Å². The lowest BCUT2D eigenvalue weighted by Gasteiger charge is -2.34. The Balaban J connectivity index is 2.26. The third-order valence-electron chi connectivity index (χ3n) is 2.80. The summed E-state index contributed by atoms with van der Waals surface area (Å²) < 4.78 is 0. The maximum atomic E-state index is 10.7. The molecule has 0 saturated carbocycles. The zero-order valence-corrected chi connectivity index (χ0v) is 9.56. The maximum Gasteiger partial charge on any atom is 0.307 e. The van der Waals surface area contributed by atoms with Gasteiger partial charge in [-0.25, -0.2) is 0 Å². The largest absolute Gasteiger partial charge is 0.481 e. The standard InChI is InChI=1S/C10H19N3O3/c1-8(10(15)16)6-12-2-4-13(5-3-12)7-9(11)14/h8H,2-7H2,1H3,(H2,11,14)(H,15,16). The Kier molecular flexibility index (Phi) is 4.70. The summed E-state index contributed by atoms with van der Waals surface area (Å²) in [5.41, 5.74) is 5.11. The maximum absolute atomic E-state index is 10.7. The van der Waals surface area contributed by atoms with Crippen molar-refractivity contribution in [3.63, 3.8) is 0 Å². The minimum absolute atomic E-state index is 0.294. The van der Waals surface area contributed by atoms with Crippen molar-refractivity contribution in [2.45, 2.75) is 6.92 Å². The van der Waals surface area contributed by atoms with Gasteiger partial charge in [0.25, 0.3) is 0 Å². The molecule has 1 unspecified atom stereocenters. The number of aliphatic carboxylic acids is 1. The number of carboxylic acids is 1. The van der Waals surface area contributed by atoms with Gasteiger partial charge in [-0.05, 0) is 0 Å². The number of primary amides is 1. The van der Waals surface area contributed by atoms with Crippen LogP contribution in [0.25, 0.3) is 0 Å². The van der Waals surface area contributed by atoms with E-state index in [1.54, 1.807) is 6.92 Å². The molecule has 3 N–H and O–H groups in total. The quantitative estimate of drug-likeness (QED) is 0.619. The highest BCUT2D eigenvalue weighted by atomic mass is 16.4. The molecule has 0 radical (unpaired) electrons. The molecule has 0 aliphatic carbocycles. The molecule has 1 aliphatic rings. The van der Waals surface area contributed by atoms with Gasteiger partial charge in [0.2, 0.25) is 5.91 Å². The third-order valence-corrected chi connectivity index (χ3v) is 2.80. The SMILES string of the molecule is CC(CN1CCN(CC(N)=O)CC1)C(=O)O. The van der Waals surface area contributed by atoms with Crippen LogP contribution in [0.1, 0.15) is 6.92 Å². The first kappa shape index (κ1) is 12.9. The Hall–Kier alpha value is -1.14. The van der Waals surface area contributed by atoms with Crippen LogP contribution in [0.15, 0.2) is 0 Å². The number of nitrogens with zero attached hydrogens (tertiary/aromatic N) is 2. The van der Waals surface area contributed by atoms with Gasteiger partial charge in [0.1, 0.15) is 0 Å². The van der Waals surface area contributed by atoms with Crippen molar-refractivity contribution in [3.05, 3.63) is 0 Å². The lowest BCUT2D eigenvalue weighted by molar-refractivity contribution is -0.141. The molecule has 1 rings (SSSR count). The summed E-state index contributed by atoms with van der Waals surface area (Å²) in [6, 6.07) is 0. The lowest BCUT2D eigenvalue weighted by atomic mass is 10.1. The van der Waals surface area contributed by atoms with E-state index in [-0.39, 0.29) is 11.8 Å². The minimum Gasteiger partial charge on any atom is -0.481 e. The van der Waals surface area contributed by atoms with E-state index >= 15 is 0 Å². The van der Waals surface area contributed by atoms with Crippen molar-refractivity contribution in [1.82, 2.24) is 9.80 Å². The number of hydrogen-bond acceptors (Lipinski definition) is 4. The van der Waals surface area contributed by atoms with E-state index in [9.17, 15) is 9.59 Å². The zero-order chi connectivity index (χ0) is 12.1. The predicted molar refractivity (Wildman–Crippen MR) is 58.9 cm³/mol. The van der Waals surface area contributed by atoms with Gasteiger partial charge in [0.15, 0.2) is 0 Å². The Bertz CT molecular complexity index is 262. The van der Waals surface area contributed by atoms with Crippen molar-refractivity contribution >= 4 is 11.9 Å². The highest BCUT2D eigenvalue weighted by Gasteiger charge is 2.21. The molecule has 1 amide bonds. The molecule has 1 heterocycles. The molecule has 6 heteroatoms. The van der Waals surface area contributed by atoms with Crippen LogP contribution in [0, 0.1) is 5.92 Å². The third kappa shape index (κ3) is 4.16. The Morgan fingerprint density at radius 3 is 2.19 bits per heavy atom. The lowest BCUT2D eigenvalue weighted by Crippen LogP contribution is -2.50. The van der Waals surface area contributed by atoms with E-state index in [1.165, 1.54) is 0 Å². The first-order valence-electron chi connectivity index (χ1n) is 5.45. The van der Waals surface area contributed by atoms with Gasteiger partial charge >= 0.3 is 5.97 Å². The van der Waals surface area contributed by atoms with Crippen LogP contribution in [-0.4, -0.2) is 66.1 Å². The Morgan fingerprint density at radius 2 is 1.75 bits per heavy atom. The highest BCUT2D eigenvalue weighted by molar-refractivity contribution is 5.75. The summed E-state index contributed by atoms with van der Waals surface area (Å²) in [4.78, 5) is 25.5. The molecule has 92 valence electrons. The van der Waals surface area contributed by atoms with Gasteiger partial charge in [-0.2, -0.15) is 0 Å². The summed E-state index contributed by atoms with van der Waals surface area (Å²) in [6.45, 7) is 5.71. The molecular weight excluding hydrogens is 210 g/mol. The molecule has 0 aromatic carbocycles. The molecule has 0 aromatic heterocycles. The van der Waals surface area contributed by atoms with Crippen LogP contribution in [0.4, 0.5) is 0 Å². The van der Waals surface area contributed by atoms with Crippen molar-refractivity contribution < 1.29 is 14.7 Å². The van der Waals surface area contributed by atoms with Gasteiger partial charge in [-0.3, -0.25) is 19.4 Å². The summed E-state index contributed by atoms with van der Waals surface area (Å²) in [7, 11) is 0. The summed E-state index contributed by atoms with van der Waals surface area (Å²) in [5, 5.41) is 8.79. The predicted octanol–water partition coefficient (Wildman–Crippen LogP) is -1.19. The summed E-state index contributed by atoms with van der Waals surface area (Å²) >= 11 is 0. The monoisotopic (exact) mass is 229 g/mol. The first-order valence-corrected chi connectivity index (χ1v) is 5.45. The van der Waals surface area contributed by atoms with E-state index in [4.69, 9.17) is 10.8 Å². The number of rotatable bonds is 5. The van der Waals surface area contributed by atoms with E-state index in [0.717, 1.165) is 26.2 Å². The number of nitrogens with two attached hydrogens (primary N) is 1.